The van der Waals surface area contributed by atoms with Crippen LogP contribution in [0.3, 0.4) is 0 Å². The lowest BCUT2D eigenvalue weighted by Crippen LogP contribution is -2.33. The Bertz CT molecular complexity index is 481. The number of amides is 2. The Morgan fingerprint density at radius 3 is 3.05 bits per heavy atom. The Kier molecular flexibility index (Phi) is 4.95. The van der Waals surface area contributed by atoms with E-state index >= 15 is 0 Å². The van der Waals surface area contributed by atoms with Crippen molar-refractivity contribution < 1.29 is 19.1 Å². The number of carbonyl (C=O) groups excluding carboxylic acids is 2. The van der Waals surface area contributed by atoms with E-state index in [0.29, 0.717) is 25.3 Å². The molecule has 2 amide bonds. The number of β-amino-alcohol motifs (C(OH)–C–C–N with tert-alkyl or cyclic N) is 1. The van der Waals surface area contributed by atoms with Crippen molar-refractivity contribution in [1.82, 2.24) is 10.2 Å². The summed E-state index contributed by atoms with van der Waals surface area (Å²) in [6.07, 6.45) is 4.92. The summed E-state index contributed by atoms with van der Waals surface area (Å²) in [6.45, 7) is 1.27. The number of aliphatic hydroxyl groups excluding tert-OH is 1. The number of aliphatic hydroxyl groups is 1. The number of carbonyl (C=O) groups is 2. The van der Waals surface area contributed by atoms with Crippen molar-refractivity contribution in [1.29, 1.82) is 0 Å². The predicted molar refractivity (Wildman–Crippen MR) is 72.6 cm³/mol. The Hall–Kier alpha value is -2.08. The molecule has 6 nitrogen and oxygen atoms in total. The lowest BCUT2D eigenvalue weighted by molar-refractivity contribution is -0.130. The molecule has 1 saturated heterocycles. The second-order valence-corrected chi connectivity index (χ2v) is 4.67. The highest BCUT2D eigenvalue weighted by Crippen LogP contribution is 2.09. The van der Waals surface area contributed by atoms with Crippen LogP contribution in [0.5, 0.6) is 0 Å². The molecule has 0 aliphatic carbocycles. The van der Waals surface area contributed by atoms with Gasteiger partial charge in [-0.05, 0) is 24.6 Å². The van der Waals surface area contributed by atoms with Crippen LogP contribution in [-0.4, -0.2) is 47.6 Å². The fourth-order valence-electron chi connectivity index (χ4n) is 2.02. The fourth-order valence-corrected chi connectivity index (χ4v) is 2.02. The van der Waals surface area contributed by atoms with Gasteiger partial charge in [0.1, 0.15) is 5.76 Å². The number of likely N-dealkylation sites (tertiary alicyclic amines) is 1. The molecule has 2 rings (SSSR count). The molecule has 20 heavy (non-hydrogen) atoms. The minimum atomic E-state index is -0.412. The van der Waals surface area contributed by atoms with Gasteiger partial charge in [0.05, 0.1) is 12.4 Å². The molecular formula is C14H18N2O4. The van der Waals surface area contributed by atoms with E-state index in [1.807, 2.05) is 0 Å². The maximum absolute atomic E-state index is 11.7. The van der Waals surface area contributed by atoms with Gasteiger partial charge in [-0.25, -0.2) is 0 Å². The van der Waals surface area contributed by atoms with Crippen LogP contribution in [0.4, 0.5) is 0 Å². The summed E-state index contributed by atoms with van der Waals surface area (Å²) in [4.78, 5) is 24.9. The third-order valence-corrected chi connectivity index (χ3v) is 3.10. The number of hydrogen-bond donors (Lipinski definition) is 2. The summed E-state index contributed by atoms with van der Waals surface area (Å²) >= 11 is 0. The van der Waals surface area contributed by atoms with Crippen LogP contribution in [0.15, 0.2) is 28.9 Å². The highest BCUT2D eigenvalue weighted by Gasteiger charge is 2.23. The van der Waals surface area contributed by atoms with Crippen molar-refractivity contribution in [2.75, 3.05) is 19.6 Å². The van der Waals surface area contributed by atoms with Gasteiger partial charge >= 0.3 is 0 Å². The molecule has 1 aliphatic heterocycles. The largest absolute Gasteiger partial charge is 0.465 e. The van der Waals surface area contributed by atoms with Crippen LogP contribution in [0, 0.1) is 0 Å². The van der Waals surface area contributed by atoms with Gasteiger partial charge in [-0.1, -0.05) is 0 Å². The predicted octanol–water partition coefficient (Wildman–Crippen LogP) is 0.392. The van der Waals surface area contributed by atoms with Crippen molar-refractivity contribution in [2.24, 2.45) is 0 Å². The second kappa shape index (κ2) is 6.91. The first kappa shape index (κ1) is 14.3. The summed E-state index contributed by atoms with van der Waals surface area (Å²) < 4.78 is 5.05. The molecule has 108 valence electrons. The quantitative estimate of drug-likeness (QED) is 0.763. The molecule has 1 aromatic rings. The third kappa shape index (κ3) is 4.24. The van der Waals surface area contributed by atoms with Crippen LogP contribution in [0.1, 0.15) is 18.6 Å². The van der Waals surface area contributed by atoms with Crippen LogP contribution >= 0.6 is 0 Å². The number of furan rings is 1. The van der Waals surface area contributed by atoms with Gasteiger partial charge in [0, 0.05) is 32.1 Å². The highest BCUT2D eigenvalue weighted by molar-refractivity contribution is 5.91. The smallest absolute Gasteiger partial charge is 0.244 e. The summed E-state index contributed by atoms with van der Waals surface area (Å²) in [5.74, 6) is 0.287. The average molecular weight is 278 g/mol. The molecule has 0 bridgehead atoms. The van der Waals surface area contributed by atoms with Crippen molar-refractivity contribution in [3.63, 3.8) is 0 Å². The molecule has 0 unspecified atom stereocenters. The molecule has 6 heteroatoms. The number of hydrogen-bond acceptors (Lipinski definition) is 4. The lowest BCUT2D eigenvalue weighted by Gasteiger charge is -2.15. The summed E-state index contributed by atoms with van der Waals surface area (Å²) in [5.41, 5.74) is 0. The van der Waals surface area contributed by atoms with E-state index in [4.69, 9.17) is 4.42 Å². The molecule has 0 radical (unpaired) electrons. The SMILES string of the molecule is O=C(/C=C/c1ccco1)NCCC(=O)N1CC[C@@H](O)C1. The van der Waals surface area contributed by atoms with Crippen LogP contribution in [0.25, 0.3) is 6.08 Å². The first-order chi connectivity index (χ1) is 9.65. The summed E-state index contributed by atoms with van der Waals surface area (Å²) in [7, 11) is 0. The second-order valence-electron chi connectivity index (χ2n) is 4.67. The zero-order valence-corrected chi connectivity index (χ0v) is 11.1. The number of nitrogens with one attached hydrogen (secondary N) is 1. The monoisotopic (exact) mass is 278 g/mol. The third-order valence-electron chi connectivity index (χ3n) is 3.10. The molecule has 0 spiro atoms. The normalized spacial score (nSPS) is 18.6. The molecule has 1 atom stereocenters. The maximum Gasteiger partial charge on any atom is 0.244 e. The molecule has 1 fully saturated rings. The van der Waals surface area contributed by atoms with Gasteiger partial charge in [0.25, 0.3) is 0 Å². The molecule has 1 aliphatic rings. The average Bonchev–Trinajstić information content (AvgIpc) is 3.07. The van der Waals surface area contributed by atoms with E-state index in [2.05, 4.69) is 5.32 Å². The minimum absolute atomic E-state index is 0.0446. The van der Waals surface area contributed by atoms with Gasteiger partial charge < -0.3 is 19.7 Å². The standard InChI is InChI=1S/C14H18N2O4/c17-11-6-8-16(10-11)14(19)5-7-15-13(18)4-3-12-2-1-9-20-12/h1-4,9,11,17H,5-8,10H2,(H,15,18)/b4-3+/t11-/m1/s1. The first-order valence-electron chi connectivity index (χ1n) is 6.60. The van der Waals surface area contributed by atoms with Crippen LogP contribution in [0.2, 0.25) is 0 Å². The first-order valence-corrected chi connectivity index (χ1v) is 6.60. The van der Waals surface area contributed by atoms with Crippen LogP contribution < -0.4 is 5.32 Å². The number of rotatable bonds is 5. The van der Waals surface area contributed by atoms with Crippen molar-refractivity contribution in [3.8, 4) is 0 Å². The van der Waals surface area contributed by atoms with Crippen LogP contribution in [-0.2, 0) is 9.59 Å². The van der Waals surface area contributed by atoms with Gasteiger partial charge in [0.15, 0.2) is 0 Å². The fraction of sp³-hybridized carbons (Fsp3) is 0.429. The van der Waals surface area contributed by atoms with Gasteiger partial charge in [-0.2, -0.15) is 0 Å². The zero-order chi connectivity index (χ0) is 14.4. The van der Waals surface area contributed by atoms with Crippen molar-refractivity contribution >= 4 is 17.9 Å². The van der Waals surface area contributed by atoms with Crippen molar-refractivity contribution in [2.45, 2.75) is 18.9 Å². The summed E-state index contributed by atoms with van der Waals surface area (Å²) in [6, 6.07) is 3.48. The molecular weight excluding hydrogens is 260 g/mol. The Morgan fingerprint density at radius 2 is 2.40 bits per heavy atom. The van der Waals surface area contributed by atoms with Gasteiger partial charge in [-0.3, -0.25) is 9.59 Å². The Balaban J connectivity index is 1.65. The van der Waals surface area contributed by atoms with E-state index in [1.54, 1.807) is 23.1 Å². The minimum Gasteiger partial charge on any atom is -0.465 e. The van der Waals surface area contributed by atoms with E-state index in [1.165, 1.54) is 12.3 Å². The van der Waals surface area contributed by atoms with E-state index < -0.39 is 6.10 Å². The molecule has 2 heterocycles. The van der Waals surface area contributed by atoms with E-state index in [-0.39, 0.29) is 24.8 Å². The van der Waals surface area contributed by atoms with E-state index in [0.717, 1.165) is 0 Å². The van der Waals surface area contributed by atoms with Crippen molar-refractivity contribution in [3.05, 3.63) is 30.2 Å². The Morgan fingerprint density at radius 1 is 1.55 bits per heavy atom. The molecule has 2 N–H and O–H groups in total. The molecule has 0 saturated carbocycles. The number of nitrogens with zero attached hydrogens (tertiary/aromatic N) is 1. The molecule has 0 aromatic carbocycles. The maximum atomic E-state index is 11.7. The van der Waals surface area contributed by atoms with Gasteiger partial charge in [0.2, 0.25) is 11.8 Å². The lowest BCUT2D eigenvalue weighted by atomic mass is 10.3. The summed E-state index contributed by atoms with van der Waals surface area (Å²) in [5, 5.41) is 12.0. The zero-order valence-electron chi connectivity index (χ0n) is 11.1. The Labute approximate surface area is 117 Å². The van der Waals surface area contributed by atoms with Gasteiger partial charge in [-0.15, -0.1) is 0 Å². The molecule has 1 aromatic heterocycles. The highest BCUT2D eigenvalue weighted by atomic mass is 16.3. The van der Waals surface area contributed by atoms with E-state index in [9.17, 15) is 14.7 Å². The topological polar surface area (TPSA) is 82.8 Å².